The number of likely N-dealkylation sites (N-methyl/N-ethyl adjacent to an activating group) is 1. The standard InChI is InChI=1S/C19H30N2O2/c1-4-14-23-17-10-8-16(9-11-17)18(22)20-15-19(21(2)3)12-6-5-7-13-19/h8-11H,4-7,12-15H2,1-3H3,(H,20,22)/p+1. The third-order valence-corrected chi connectivity index (χ3v) is 5.05. The van der Waals surface area contributed by atoms with E-state index in [2.05, 4.69) is 26.3 Å². The second-order valence-corrected chi connectivity index (χ2v) is 6.90. The zero-order valence-electron chi connectivity index (χ0n) is 14.8. The minimum absolute atomic E-state index is 0.0123. The minimum Gasteiger partial charge on any atom is -0.494 e. The molecular weight excluding hydrogens is 288 g/mol. The molecule has 4 heteroatoms. The van der Waals surface area contributed by atoms with Gasteiger partial charge in [0.25, 0.3) is 5.91 Å². The molecule has 1 fully saturated rings. The molecule has 0 spiro atoms. The molecule has 0 bridgehead atoms. The number of carbonyl (C=O) groups excluding carboxylic acids is 1. The summed E-state index contributed by atoms with van der Waals surface area (Å²) in [6.45, 7) is 3.54. The Labute approximate surface area is 140 Å². The zero-order valence-corrected chi connectivity index (χ0v) is 14.8. The maximum absolute atomic E-state index is 12.4. The van der Waals surface area contributed by atoms with Crippen molar-refractivity contribution in [3.05, 3.63) is 29.8 Å². The molecule has 0 aliphatic heterocycles. The molecule has 0 saturated heterocycles. The van der Waals surface area contributed by atoms with Crippen molar-refractivity contribution in [2.75, 3.05) is 27.2 Å². The highest BCUT2D eigenvalue weighted by atomic mass is 16.5. The average molecular weight is 319 g/mol. The van der Waals surface area contributed by atoms with Crippen molar-refractivity contribution in [1.29, 1.82) is 0 Å². The highest BCUT2D eigenvalue weighted by Crippen LogP contribution is 2.25. The maximum atomic E-state index is 12.4. The van der Waals surface area contributed by atoms with Gasteiger partial charge >= 0.3 is 0 Å². The van der Waals surface area contributed by atoms with Crippen LogP contribution in [0.25, 0.3) is 0 Å². The van der Waals surface area contributed by atoms with Crippen molar-refractivity contribution in [2.45, 2.75) is 51.0 Å². The van der Waals surface area contributed by atoms with Gasteiger partial charge in [-0.2, -0.15) is 0 Å². The van der Waals surface area contributed by atoms with E-state index in [1.807, 2.05) is 24.3 Å². The Balaban J connectivity index is 1.93. The minimum atomic E-state index is 0.0123. The quantitative estimate of drug-likeness (QED) is 0.808. The van der Waals surface area contributed by atoms with Gasteiger partial charge in [-0.15, -0.1) is 0 Å². The topological polar surface area (TPSA) is 42.8 Å². The van der Waals surface area contributed by atoms with Gasteiger partial charge in [-0.25, -0.2) is 0 Å². The molecule has 128 valence electrons. The van der Waals surface area contributed by atoms with Crippen molar-refractivity contribution in [3.8, 4) is 5.75 Å². The van der Waals surface area contributed by atoms with Gasteiger partial charge in [0.2, 0.25) is 0 Å². The Morgan fingerprint density at radius 3 is 2.39 bits per heavy atom. The Morgan fingerprint density at radius 2 is 1.83 bits per heavy atom. The molecule has 1 saturated carbocycles. The van der Waals surface area contributed by atoms with Gasteiger partial charge in [0.15, 0.2) is 0 Å². The van der Waals surface area contributed by atoms with Gasteiger partial charge in [0, 0.05) is 18.4 Å². The summed E-state index contributed by atoms with van der Waals surface area (Å²) in [6, 6.07) is 7.43. The van der Waals surface area contributed by atoms with E-state index < -0.39 is 0 Å². The number of carbonyl (C=O) groups is 1. The SMILES string of the molecule is CCCOc1ccc(C(=O)NCC2([NH+](C)C)CCCCC2)cc1. The van der Waals surface area contributed by atoms with Crippen LogP contribution in [-0.2, 0) is 0 Å². The van der Waals surface area contributed by atoms with Crippen LogP contribution in [0.3, 0.4) is 0 Å². The lowest BCUT2D eigenvalue weighted by molar-refractivity contribution is -0.916. The van der Waals surface area contributed by atoms with Crippen molar-refractivity contribution in [3.63, 3.8) is 0 Å². The number of nitrogens with one attached hydrogen (secondary N) is 2. The van der Waals surface area contributed by atoms with Crippen LogP contribution in [0, 0.1) is 0 Å². The zero-order chi connectivity index (χ0) is 16.7. The monoisotopic (exact) mass is 319 g/mol. The molecular formula is C19H31N2O2+. The number of rotatable bonds is 7. The first-order valence-electron chi connectivity index (χ1n) is 8.89. The van der Waals surface area contributed by atoms with Crippen LogP contribution < -0.4 is 15.0 Å². The van der Waals surface area contributed by atoms with Gasteiger partial charge in [-0.05, 0) is 43.5 Å². The maximum Gasteiger partial charge on any atom is 0.251 e. The Hall–Kier alpha value is -1.55. The largest absolute Gasteiger partial charge is 0.494 e. The molecule has 23 heavy (non-hydrogen) atoms. The van der Waals surface area contributed by atoms with E-state index in [1.54, 1.807) is 0 Å². The van der Waals surface area contributed by atoms with Crippen LogP contribution in [0.1, 0.15) is 55.8 Å². The van der Waals surface area contributed by atoms with Crippen LogP contribution in [0.5, 0.6) is 5.75 Å². The molecule has 1 aliphatic carbocycles. The van der Waals surface area contributed by atoms with Crippen LogP contribution in [-0.4, -0.2) is 38.7 Å². The van der Waals surface area contributed by atoms with Gasteiger partial charge in [0.05, 0.1) is 27.2 Å². The third-order valence-electron chi connectivity index (χ3n) is 5.05. The second-order valence-electron chi connectivity index (χ2n) is 6.90. The Bertz CT molecular complexity index is 491. The van der Waals surface area contributed by atoms with Gasteiger partial charge in [-0.3, -0.25) is 4.79 Å². The fraction of sp³-hybridized carbons (Fsp3) is 0.632. The van der Waals surface area contributed by atoms with E-state index in [1.165, 1.54) is 37.0 Å². The third kappa shape index (κ3) is 4.71. The van der Waals surface area contributed by atoms with Crippen molar-refractivity contribution in [2.24, 2.45) is 0 Å². The van der Waals surface area contributed by atoms with Crippen LogP contribution in [0.2, 0.25) is 0 Å². The summed E-state index contributed by atoms with van der Waals surface area (Å²) in [5.74, 6) is 0.836. The molecule has 0 aromatic heterocycles. The molecule has 0 atom stereocenters. The Kier molecular flexibility index (Phi) is 6.46. The molecule has 1 amide bonds. The van der Waals surface area contributed by atoms with Crippen LogP contribution in [0.4, 0.5) is 0 Å². The number of ether oxygens (including phenoxy) is 1. The predicted octanol–water partition coefficient (Wildman–Crippen LogP) is 2.05. The summed E-state index contributed by atoms with van der Waals surface area (Å²) in [5, 5.41) is 3.15. The summed E-state index contributed by atoms with van der Waals surface area (Å²) < 4.78 is 5.56. The highest BCUT2D eigenvalue weighted by molar-refractivity contribution is 5.94. The fourth-order valence-electron chi connectivity index (χ4n) is 3.36. The molecule has 4 nitrogen and oxygen atoms in total. The summed E-state index contributed by atoms with van der Waals surface area (Å²) in [6.07, 6.45) is 7.23. The second kappa shape index (κ2) is 8.34. The van der Waals surface area contributed by atoms with E-state index >= 15 is 0 Å². The molecule has 1 aromatic rings. The molecule has 0 heterocycles. The Morgan fingerprint density at radius 1 is 1.17 bits per heavy atom. The first kappa shape index (κ1) is 17.8. The molecule has 0 radical (unpaired) electrons. The average Bonchev–Trinajstić information content (AvgIpc) is 2.59. The number of quaternary nitrogens is 1. The first-order chi connectivity index (χ1) is 11.1. The molecule has 2 N–H and O–H groups in total. The lowest BCUT2D eigenvalue weighted by Crippen LogP contribution is -3.16. The molecule has 1 aromatic carbocycles. The number of amides is 1. The van der Waals surface area contributed by atoms with E-state index in [-0.39, 0.29) is 11.4 Å². The van der Waals surface area contributed by atoms with Crippen molar-refractivity contribution < 1.29 is 14.4 Å². The highest BCUT2D eigenvalue weighted by Gasteiger charge is 2.38. The number of hydrogen-bond donors (Lipinski definition) is 2. The van der Waals surface area contributed by atoms with Crippen molar-refractivity contribution >= 4 is 5.91 Å². The smallest absolute Gasteiger partial charge is 0.251 e. The lowest BCUT2D eigenvalue weighted by Gasteiger charge is -2.39. The summed E-state index contributed by atoms with van der Waals surface area (Å²) in [7, 11) is 4.41. The predicted molar refractivity (Wildman–Crippen MR) is 93.2 cm³/mol. The van der Waals surface area contributed by atoms with E-state index in [0.29, 0.717) is 12.2 Å². The van der Waals surface area contributed by atoms with Gasteiger partial charge in [-0.1, -0.05) is 13.3 Å². The van der Waals surface area contributed by atoms with E-state index in [4.69, 9.17) is 4.74 Å². The molecule has 2 rings (SSSR count). The van der Waals surface area contributed by atoms with E-state index in [9.17, 15) is 4.79 Å². The van der Waals surface area contributed by atoms with Gasteiger partial charge < -0.3 is 15.0 Å². The lowest BCUT2D eigenvalue weighted by atomic mass is 9.80. The van der Waals surface area contributed by atoms with Crippen LogP contribution >= 0.6 is 0 Å². The van der Waals surface area contributed by atoms with Crippen molar-refractivity contribution in [1.82, 2.24) is 5.32 Å². The van der Waals surface area contributed by atoms with E-state index in [0.717, 1.165) is 18.7 Å². The number of hydrogen-bond acceptors (Lipinski definition) is 2. The first-order valence-corrected chi connectivity index (χ1v) is 8.89. The fourth-order valence-corrected chi connectivity index (χ4v) is 3.36. The molecule has 1 aliphatic rings. The van der Waals surface area contributed by atoms with Gasteiger partial charge in [0.1, 0.15) is 11.3 Å². The normalized spacial score (nSPS) is 17.0. The molecule has 0 unspecified atom stereocenters. The number of benzene rings is 1. The summed E-state index contributed by atoms with van der Waals surface area (Å²) in [5.41, 5.74) is 0.895. The summed E-state index contributed by atoms with van der Waals surface area (Å²) >= 11 is 0. The van der Waals surface area contributed by atoms with Crippen LogP contribution in [0.15, 0.2) is 24.3 Å². The summed E-state index contributed by atoms with van der Waals surface area (Å²) in [4.78, 5) is 13.9.